The van der Waals surface area contributed by atoms with Gasteiger partial charge in [0.2, 0.25) is 0 Å². The standard InChI is InChI=1S/C14H8N2O4S2/c17-13(18)8-5-6-12(10(7-8)16(19)20)22-14-15-9-3-1-2-4-11(9)21-14/h1-7H,(H,17,18). The molecule has 1 N–H and O–H groups in total. The highest BCUT2D eigenvalue weighted by Gasteiger charge is 2.19. The summed E-state index contributed by atoms with van der Waals surface area (Å²) in [5.41, 5.74) is 0.490. The number of aromatic carboxylic acids is 1. The van der Waals surface area contributed by atoms with Crippen LogP contribution in [0.2, 0.25) is 0 Å². The van der Waals surface area contributed by atoms with E-state index in [4.69, 9.17) is 5.11 Å². The number of nitro groups is 1. The van der Waals surface area contributed by atoms with Crippen molar-refractivity contribution >= 4 is 45.0 Å². The Labute approximate surface area is 132 Å². The molecule has 0 bridgehead atoms. The Morgan fingerprint density at radius 1 is 1.27 bits per heavy atom. The zero-order chi connectivity index (χ0) is 15.7. The number of nitrogens with zero attached hydrogens (tertiary/aromatic N) is 2. The minimum atomic E-state index is -1.19. The maximum atomic E-state index is 11.1. The number of nitro benzene ring substituents is 1. The Morgan fingerprint density at radius 3 is 2.73 bits per heavy atom. The van der Waals surface area contributed by atoms with E-state index in [1.54, 1.807) is 0 Å². The first kappa shape index (κ1) is 14.5. The monoisotopic (exact) mass is 332 g/mol. The molecule has 3 aromatic rings. The SMILES string of the molecule is O=C(O)c1ccc(Sc2nc3ccccc3s2)c([N+](=O)[O-])c1. The molecule has 1 heterocycles. The van der Waals surface area contributed by atoms with Crippen LogP contribution in [-0.2, 0) is 0 Å². The van der Waals surface area contributed by atoms with Crippen molar-refractivity contribution in [2.75, 3.05) is 0 Å². The summed E-state index contributed by atoms with van der Waals surface area (Å²) < 4.78 is 1.67. The summed E-state index contributed by atoms with van der Waals surface area (Å²) in [6.45, 7) is 0. The highest BCUT2D eigenvalue weighted by Crippen LogP contribution is 2.38. The first-order valence-corrected chi connectivity index (χ1v) is 7.73. The van der Waals surface area contributed by atoms with Gasteiger partial charge in [0.1, 0.15) is 0 Å². The first-order chi connectivity index (χ1) is 10.5. The van der Waals surface area contributed by atoms with Crippen LogP contribution in [0, 0.1) is 10.1 Å². The third-order valence-corrected chi connectivity index (χ3v) is 5.04. The van der Waals surface area contributed by atoms with Gasteiger partial charge in [0.05, 0.1) is 25.6 Å². The number of aromatic nitrogens is 1. The number of hydrogen-bond donors (Lipinski definition) is 1. The molecular weight excluding hydrogens is 324 g/mol. The number of rotatable bonds is 4. The first-order valence-electron chi connectivity index (χ1n) is 6.10. The van der Waals surface area contributed by atoms with Gasteiger partial charge in [-0.1, -0.05) is 23.9 Å². The van der Waals surface area contributed by atoms with E-state index in [1.165, 1.54) is 23.5 Å². The molecule has 1 aromatic heterocycles. The molecule has 0 saturated heterocycles. The quantitative estimate of drug-likeness (QED) is 0.572. The number of carboxylic acids is 1. The smallest absolute Gasteiger partial charge is 0.335 e. The van der Waals surface area contributed by atoms with Crippen molar-refractivity contribution in [3.05, 3.63) is 58.1 Å². The van der Waals surface area contributed by atoms with Crippen LogP contribution in [0.3, 0.4) is 0 Å². The zero-order valence-electron chi connectivity index (χ0n) is 10.9. The fourth-order valence-corrected chi connectivity index (χ4v) is 3.98. The molecule has 0 amide bonds. The molecule has 22 heavy (non-hydrogen) atoms. The van der Waals surface area contributed by atoms with E-state index in [0.717, 1.165) is 28.0 Å². The summed E-state index contributed by atoms with van der Waals surface area (Å²) in [6.07, 6.45) is 0. The molecule has 2 aromatic carbocycles. The molecule has 0 spiro atoms. The van der Waals surface area contributed by atoms with Gasteiger partial charge >= 0.3 is 5.97 Å². The van der Waals surface area contributed by atoms with Gasteiger partial charge in [-0.25, -0.2) is 9.78 Å². The van der Waals surface area contributed by atoms with Crippen molar-refractivity contribution in [3.63, 3.8) is 0 Å². The van der Waals surface area contributed by atoms with Crippen molar-refractivity contribution in [3.8, 4) is 0 Å². The number of para-hydroxylation sites is 1. The zero-order valence-corrected chi connectivity index (χ0v) is 12.6. The van der Waals surface area contributed by atoms with Crippen LogP contribution in [-0.4, -0.2) is 21.0 Å². The summed E-state index contributed by atoms with van der Waals surface area (Å²) in [5, 5.41) is 20.1. The third kappa shape index (κ3) is 2.78. The molecule has 110 valence electrons. The van der Waals surface area contributed by atoms with Crippen molar-refractivity contribution < 1.29 is 14.8 Å². The van der Waals surface area contributed by atoms with Gasteiger partial charge in [-0.15, -0.1) is 11.3 Å². The van der Waals surface area contributed by atoms with Gasteiger partial charge in [-0.2, -0.15) is 0 Å². The van der Waals surface area contributed by atoms with Gasteiger partial charge in [-0.3, -0.25) is 10.1 Å². The van der Waals surface area contributed by atoms with Crippen LogP contribution in [0.25, 0.3) is 10.2 Å². The minimum absolute atomic E-state index is 0.111. The third-order valence-electron chi connectivity index (χ3n) is 2.87. The summed E-state index contributed by atoms with van der Waals surface area (Å²) in [5.74, 6) is -1.19. The molecule has 0 aliphatic heterocycles. The van der Waals surface area contributed by atoms with E-state index in [1.807, 2.05) is 24.3 Å². The topological polar surface area (TPSA) is 93.3 Å². The molecule has 0 aliphatic carbocycles. The van der Waals surface area contributed by atoms with Gasteiger partial charge in [0, 0.05) is 6.07 Å². The van der Waals surface area contributed by atoms with Gasteiger partial charge in [-0.05, 0) is 24.3 Å². The fourth-order valence-electron chi connectivity index (χ4n) is 1.87. The van der Waals surface area contributed by atoms with Crippen molar-refractivity contribution in [1.82, 2.24) is 4.98 Å². The Kier molecular flexibility index (Phi) is 3.78. The predicted octanol–water partition coefficient (Wildman–Crippen LogP) is 4.05. The molecule has 8 heteroatoms. The molecule has 0 atom stereocenters. The average Bonchev–Trinajstić information content (AvgIpc) is 2.89. The van der Waals surface area contributed by atoms with Gasteiger partial charge in [0.25, 0.3) is 5.69 Å². The van der Waals surface area contributed by atoms with E-state index in [-0.39, 0.29) is 11.3 Å². The van der Waals surface area contributed by atoms with Crippen molar-refractivity contribution in [1.29, 1.82) is 0 Å². The number of carboxylic acid groups (broad SMARTS) is 1. The predicted molar refractivity (Wildman–Crippen MR) is 83.8 cm³/mol. The lowest BCUT2D eigenvalue weighted by atomic mass is 10.2. The van der Waals surface area contributed by atoms with Crippen LogP contribution in [0.4, 0.5) is 5.69 Å². The molecule has 0 radical (unpaired) electrons. The molecule has 0 unspecified atom stereocenters. The van der Waals surface area contributed by atoms with E-state index in [9.17, 15) is 14.9 Å². The highest BCUT2D eigenvalue weighted by atomic mass is 32.2. The normalized spacial score (nSPS) is 10.7. The van der Waals surface area contributed by atoms with E-state index in [2.05, 4.69) is 4.98 Å². The second-order valence-electron chi connectivity index (χ2n) is 4.29. The van der Waals surface area contributed by atoms with E-state index >= 15 is 0 Å². The molecular formula is C14H8N2O4S2. The lowest BCUT2D eigenvalue weighted by molar-refractivity contribution is -0.387. The lowest BCUT2D eigenvalue weighted by Gasteiger charge is -2.01. The average molecular weight is 332 g/mol. The Hall–Kier alpha value is -2.45. The van der Waals surface area contributed by atoms with Gasteiger partial charge < -0.3 is 5.11 Å². The van der Waals surface area contributed by atoms with Crippen LogP contribution in [0.1, 0.15) is 10.4 Å². The number of fused-ring (bicyclic) bond motifs is 1. The molecule has 0 aliphatic rings. The van der Waals surface area contributed by atoms with E-state index < -0.39 is 10.9 Å². The fraction of sp³-hybridized carbons (Fsp3) is 0. The number of thiazole rings is 1. The Morgan fingerprint density at radius 2 is 2.05 bits per heavy atom. The Bertz CT molecular complexity index is 858. The lowest BCUT2D eigenvalue weighted by Crippen LogP contribution is -1.99. The Balaban J connectivity index is 2.00. The molecule has 0 saturated carbocycles. The second kappa shape index (κ2) is 5.74. The minimum Gasteiger partial charge on any atom is -0.478 e. The summed E-state index contributed by atoms with van der Waals surface area (Å²) in [7, 11) is 0. The molecule has 0 fully saturated rings. The number of hydrogen-bond acceptors (Lipinski definition) is 6. The number of benzene rings is 2. The number of carbonyl (C=O) groups is 1. The van der Waals surface area contributed by atoms with Crippen LogP contribution < -0.4 is 0 Å². The summed E-state index contributed by atoms with van der Waals surface area (Å²) in [6, 6.07) is 11.4. The van der Waals surface area contributed by atoms with Crippen molar-refractivity contribution in [2.24, 2.45) is 0 Å². The van der Waals surface area contributed by atoms with Gasteiger partial charge in [0.15, 0.2) is 4.34 Å². The van der Waals surface area contributed by atoms with Crippen LogP contribution in [0.15, 0.2) is 51.7 Å². The maximum absolute atomic E-state index is 11.1. The molecule has 6 nitrogen and oxygen atoms in total. The van der Waals surface area contributed by atoms with Crippen LogP contribution in [0.5, 0.6) is 0 Å². The summed E-state index contributed by atoms with van der Waals surface area (Å²) >= 11 is 2.60. The molecule has 3 rings (SSSR count). The van der Waals surface area contributed by atoms with E-state index in [0.29, 0.717) is 9.24 Å². The van der Waals surface area contributed by atoms with Crippen LogP contribution >= 0.6 is 23.1 Å². The van der Waals surface area contributed by atoms with Crippen molar-refractivity contribution in [2.45, 2.75) is 9.24 Å². The second-order valence-corrected chi connectivity index (χ2v) is 6.61. The highest BCUT2D eigenvalue weighted by molar-refractivity contribution is 8.01. The summed E-state index contributed by atoms with van der Waals surface area (Å²) in [4.78, 5) is 26.3. The largest absolute Gasteiger partial charge is 0.478 e. The maximum Gasteiger partial charge on any atom is 0.335 e.